The van der Waals surface area contributed by atoms with Crippen LogP contribution in [0, 0.1) is 12.7 Å². The van der Waals surface area contributed by atoms with E-state index in [2.05, 4.69) is 15.1 Å². The Kier molecular flexibility index (Phi) is 5.58. The second-order valence-corrected chi connectivity index (χ2v) is 7.78. The number of ether oxygens (including phenoxy) is 1. The molecule has 0 spiro atoms. The quantitative estimate of drug-likeness (QED) is 0.757. The molecule has 3 rings (SSSR count). The minimum atomic E-state index is -0.732. The lowest BCUT2D eigenvalue weighted by Gasteiger charge is -2.35. The molecular weight excluding hydrogens is 381 g/mol. The lowest BCUT2D eigenvalue weighted by Crippen LogP contribution is -2.50. The number of nitrogens with zero attached hydrogens (tertiary/aromatic N) is 7. The van der Waals surface area contributed by atoms with Crippen molar-refractivity contribution >= 4 is 12.0 Å². The van der Waals surface area contributed by atoms with Gasteiger partial charge >= 0.3 is 11.8 Å². The van der Waals surface area contributed by atoms with Crippen LogP contribution in [0.1, 0.15) is 33.5 Å². The first-order valence-electron chi connectivity index (χ1n) is 9.53. The maximum atomic E-state index is 14.4. The number of amides is 1. The van der Waals surface area contributed by atoms with Gasteiger partial charge in [0, 0.05) is 32.7 Å². The van der Waals surface area contributed by atoms with Crippen LogP contribution in [0.5, 0.6) is 0 Å². The van der Waals surface area contributed by atoms with Crippen LogP contribution >= 0.6 is 0 Å². The average Bonchev–Trinajstić information content (AvgIpc) is 2.94. The highest BCUT2D eigenvalue weighted by Gasteiger charge is 2.27. The molecule has 0 saturated carbocycles. The zero-order chi connectivity index (χ0) is 21.3. The third-order valence-corrected chi connectivity index (χ3v) is 4.49. The Hall–Kier alpha value is -2.98. The van der Waals surface area contributed by atoms with Crippen molar-refractivity contribution in [2.45, 2.75) is 46.8 Å². The van der Waals surface area contributed by atoms with E-state index in [1.54, 1.807) is 11.8 Å². The predicted octanol–water partition coefficient (Wildman–Crippen LogP) is 1.35. The van der Waals surface area contributed by atoms with Crippen LogP contribution < -0.4 is 10.6 Å². The third kappa shape index (κ3) is 4.38. The molecular formula is C18H26FN7O3. The third-order valence-electron chi connectivity index (χ3n) is 4.49. The highest BCUT2D eigenvalue weighted by molar-refractivity contribution is 5.68. The first-order valence-corrected chi connectivity index (χ1v) is 9.53. The minimum absolute atomic E-state index is 0.190. The normalized spacial score (nSPS) is 15.0. The summed E-state index contributed by atoms with van der Waals surface area (Å²) in [5.74, 6) is -0.169. The Labute approximate surface area is 167 Å². The van der Waals surface area contributed by atoms with E-state index < -0.39 is 17.1 Å². The fourth-order valence-corrected chi connectivity index (χ4v) is 3.06. The molecule has 0 radical (unpaired) electrons. The number of aryl methyl sites for hydroxylation is 1. The lowest BCUT2D eigenvalue weighted by atomic mass is 10.2. The average molecular weight is 407 g/mol. The second kappa shape index (κ2) is 7.80. The van der Waals surface area contributed by atoms with Crippen LogP contribution in [0.25, 0.3) is 5.82 Å². The molecule has 0 aromatic carbocycles. The number of carbonyl (C=O) groups is 1. The van der Waals surface area contributed by atoms with Gasteiger partial charge in [-0.15, -0.1) is 5.10 Å². The number of halogens is 1. The summed E-state index contributed by atoms with van der Waals surface area (Å²) in [5, 5.41) is 4.12. The molecule has 29 heavy (non-hydrogen) atoms. The number of carbonyl (C=O) groups excluding carboxylic acids is 1. The molecule has 158 valence electrons. The van der Waals surface area contributed by atoms with Crippen molar-refractivity contribution in [2.24, 2.45) is 0 Å². The van der Waals surface area contributed by atoms with Gasteiger partial charge in [-0.05, 0) is 34.6 Å². The van der Waals surface area contributed by atoms with Crippen LogP contribution in [-0.2, 0) is 11.3 Å². The second-order valence-electron chi connectivity index (χ2n) is 7.78. The maximum absolute atomic E-state index is 14.4. The lowest BCUT2D eigenvalue weighted by molar-refractivity contribution is 0.0240. The van der Waals surface area contributed by atoms with E-state index >= 15 is 0 Å². The summed E-state index contributed by atoms with van der Waals surface area (Å²) in [6.07, 6.45) is 0.662. The fourth-order valence-electron chi connectivity index (χ4n) is 3.06. The van der Waals surface area contributed by atoms with Gasteiger partial charge in [0.15, 0.2) is 11.6 Å². The number of anilines is 1. The Bertz CT molecular complexity index is 955. The monoisotopic (exact) mass is 407 g/mol. The van der Waals surface area contributed by atoms with Crippen LogP contribution in [-0.4, -0.2) is 67.1 Å². The molecule has 0 atom stereocenters. The number of hydrogen-bond donors (Lipinski definition) is 0. The Morgan fingerprint density at radius 3 is 2.45 bits per heavy atom. The molecule has 1 saturated heterocycles. The summed E-state index contributed by atoms with van der Waals surface area (Å²) in [5.41, 5.74) is -1.01. The van der Waals surface area contributed by atoms with Gasteiger partial charge in [0.05, 0.1) is 6.20 Å². The van der Waals surface area contributed by atoms with Crippen molar-refractivity contribution < 1.29 is 13.9 Å². The van der Waals surface area contributed by atoms with Gasteiger partial charge in [0.2, 0.25) is 5.95 Å². The summed E-state index contributed by atoms with van der Waals surface area (Å²) in [6, 6.07) is 0. The summed E-state index contributed by atoms with van der Waals surface area (Å²) >= 11 is 0. The molecule has 1 aliphatic heterocycles. The zero-order valence-corrected chi connectivity index (χ0v) is 17.3. The number of piperazine rings is 1. The molecule has 0 N–H and O–H groups in total. The van der Waals surface area contributed by atoms with Gasteiger partial charge in [-0.2, -0.15) is 9.67 Å². The molecule has 3 heterocycles. The van der Waals surface area contributed by atoms with E-state index in [-0.39, 0.29) is 17.9 Å². The Morgan fingerprint density at radius 2 is 1.90 bits per heavy atom. The van der Waals surface area contributed by atoms with Crippen molar-refractivity contribution in [3.05, 3.63) is 28.3 Å². The van der Waals surface area contributed by atoms with E-state index in [4.69, 9.17) is 4.74 Å². The molecule has 1 amide bonds. The Morgan fingerprint density at radius 1 is 1.24 bits per heavy atom. The predicted molar refractivity (Wildman–Crippen MR) is 104 cm³/mol. The zero-order valence-electron chi connectivity index (χ0n) is 17.3. The van der Waals surface area contributed by atoms with Gasteiger partial charge in [0.1, 0.15) is 11.4 Å². The van der Waals surface area contributed by atoms with E-state index in [1.807, 2.05) is 32.6 Å². The largest absolute Gasteiger partial charge is 0.444 e. The molecule has 2 aromatic heterocycles. The molecule has 0 unspecified atom stereocenters. The molecule has 0 bridgehead atoms. The van der Waals surface area contributed by atoms with Crippen molar-refractivity contribution in [1.29, 1.82) is 0 Å². The number of hydrogen-bond acceptors (Lipinski definition) is 7. The summed E-state index contributed by atoms with van der Waals surface area (Å²) in [4.78, 5) is 36.4. The Balaban J connectivity index is 1.78. The van der Waals surface area contributed by atoms with E-state index in [0.717, 1.165) is 10.9 Å². The molecule has 0 aliphatic carbocycles. The van der Waals surface area contributed by atoms with Gasteiger partial charge in [-0.3, -0.25) is 4.57 Å². The molecule has 10 nitrogen and oxygen atoms in total. The van der Waals surface area contributed by atoms with Crippen molar-refractivity contribution in [3.8, 4) is 5.82 Å². The van der Waals surface area contributed by atoms with E-state index in [9.17, 15) is 14.0 Å². The topological polar surface area (TPSA) is 98.4 Å². The van der Waals surface area contributed by atoms with Crippen LogP contribution in [0.3, 0.4) is 0 Å². The van der Waals surface area contributed by atoms with Crippen molar-refractivity contribution in [2.75, 3.05) is 31.1 Å². The summed E-state index contributed by atoms with van der Waals surface area (Å²) in [6.45, 7) is 11.1. The standard InChI is InChI=1S/C18H26FN7O3/c1-6-25-12(2)22-26(16(25)27)14-13(19)11-20-15(21-14)23-7-9-24(10-8-23)17(28)29-18(3,4)5/h11H,6-10H2,1-5H3. The molecule has 11 heteroatoms. The van der Waals surface area contributed by atoms with Crippen LogP contribution in [0.2, 0.25) is 0 Å². The minimum Gasteiger partial charge on any atom is -0.444 e. The highest BCUT2D eigenvalue weighted by Crippen LogP contribution is 2.17. The molecule has 1 fully saturated rings. The first-order chi connectivity index (χ1) is 13.6. The van der Waals surface area contributed by atoms with Crippen molar-refractivity contribution in [1.82, 2.24) is 29.2 Å². The molecule has 1 aliphatic rings. The number of aromatic nitrogens is 5. The molecule has 2 aromatic rings. The van der Waals surface area contributed by atoms with Gasteiger partial charge < -0.3 is 14.5 Å². The first kappa shape index (κ1) is 20.7. The van der Waals surface area contributed by atoms with E-state index in [0.29, 0.717) is 38.5 Å². The van der Waals surface area contributed by atoms with Gasteiger partial charge in [0.25, 0.3) is 0 Å². The van der Waals surface area contributed by atoms with E-state index in [1.165, 1.54) is 4.57 Å². The SMILES string of the molecule is CCn1c(C)nn(-c2nc(N3CCN(C(=O)OC(C)(C)C)CC3)ncc2F)c1=O. The van der Waals surface area contributed by atoms with Gasteiger partial charge in [-0.25, -0.2) is 19.0 Å². The number of rotatable bonds is 3. The van der Waals surface area contributed by atoms with Crippen LogP contribution in [0.4, 0.5) is 15.1 Å². The summed E-state index contributed by atoms with van der Waals surface area (Å²) < 4.78 is 22.1. The van der Waals surface area contributed by atoms with Crippen LogP contribution in [0.15, 0.2) is 11.0 Å². The summed E-state index contributed by atoms with van der Waals surface area (Å²) in [7, 11) is 0. The van der Waals surface area contributed by atoms with Gasteiger partial charge in [-0.1, -0.05) is 0 Å². The highest BCUT2D eigenvalue weighted by atomic mass is 19.1. The fraction of sp³-hybridized carbons (Fsp3) is 0.611. The van der Waals surface area contributed by atoms with Crippen molar-refractivity contribution in [3.63, 3.8) is 0 Å². The maximum Gasteiger partial charge on any atom is 0.410 e. The smallest absolute Gasteiger partial charge is 0.410 e.